The normalized spacial score (nSPS) is 13.2. The number of nitrogens with zero attached hydrogens (tertiary/aromatic N) is 3. The van der Waals surface area contributed by atoms with Crippen LogP contribution in [0.2, 0.25) is 0 Å². The molecule has 1 heterocycles. The van der Waals surface area contributed by atoms with E-state index in [9.17, 15) is 10.1 Å². The molecule has 2 aromatic carbocycles. The zero-order valence-corrected chi connectivity index (χ0v) is 19.1. The van der Waals surface area contributed by atoms with Gasteiger partial charge in [0.25, 0.3) is 0 Å². The number of carbonyl (C=O) groups excluding carboxylic acids is 1. The molecule has 1 aliphatic rings. The molecule has 1 saturated carbocycles. The van der Waals surface area contributed by atoms with Gasteiger partial charge >= 0.3 is 6.09 Å². The Morgan fingerprint density at radius 2 is 1.91 bits per heavy atom. The molecule has 0 spiro atoms. The van der Waals surface area contributed by atoms with Gasteiger partial charge in [-0.1, -0.05) is 12.1 Å². The van der Waals surface area contributed by atoms with E-state index in [-0.39, 0.29) is 12.2 Å². The van der Waals surface area contributed by atoms with Crippen molar-refractivity contribution in [1.29, 1.82) is 5.26 Å². The maximum absolute atomic E-state index is 12.4. The van der Waals surface area contributed by atoms with E-state index < -0.39 is 0 Å². The van der Waals surface area contributed by atoms with Crippen molar-refractivity contribution in [2.45, 2.75) is 52.7 Å². The standard InChI is InChI=1S/C26H29N3O3/c1-5-28(26(30)32-17(3)4)19-9-7-18(8-10-19)25-23(16-27)22-14-13-21(31-6-2)15-24(22)29(25)20-11-12-20/h7-10,13-15,17,20H,5-6,11-12H2,1-4H3. The number of fused-ring (bicyclic) bond motifs is 1. The zero-order valence-electron chi connectivity index (χ0n) is 19.1. The topological polar surface area (TPSA) is 67.5 Å². The predicted octanol–water partition coefficient (Wildman–Crippen LogP) is 6.28. The van der Waals surface area contributed by atoms with Crippen LogP contribution in [-0.2, 0) is 4.74 Å². The lowest BCUT2D eigenvalue weighted by molar-refractivity contribution is 0.123. The van der Waals surface area contributed by atoms with Gasteiger partial charge in [-0.15, -0.1) is 0 Å². The van der Waals surface area contributed by atoms with E-state index in [0.29, 0.717) is 24.8 Å². The second kappa shape index (κ2) is 8.96. The van der Waals surface area contributed by atoms with E-state index in [1.54, 1.807) is 4.90 Å². The van der Waals surface area contributed by atoms with Crippen molar-refractivity contribution in [3.8, 4) is 23.1 Å². The largest absolute Gasteiger partial charge is 0.494 e. The van der Waals surface area contributed by atoms with Crippen LogP contribution in [0.3, 0.4) is 0 Å². The lowest BCUT2D eigenvalue weighted by atomic mass is 10.1. The van der Waals surface area contributed by atoms with Gasteiger partial charge in [0.15, 0.2) is 0 Å². The third kappa shape index (κ3) is 4.03. The van der Waals surface area contributed by atoms with Gasteiger partial charge in [0.1, 0.15) is 11.8 Å². The molecule has 0 atom stereocenters. The van der Waals surface area contributed by atoms with Crippen LogP contribution in [0.1, 0.15) is 52.1 Å². The summed E-state index contributed by atoms with van der Waals surface area (Å²) in [6, 6.07) is 16.6. The maximum Gasteiger partial charge on any atom is 0.414 e. The highest BCUT2D eigenvalue weighted by molar-refractivity contribution is 5.96. The molecule has 1 amide bonds. The average Bonchev–Trinajstić information content (AvgIpc) is 3.55. The predicted molar refractivity (Wildman–Crippen MR) is 126 cm³/mol. The average molecular weight is 432 g/mol. The van der Waals surface area contributed by atoms with E-state index in [0.717, 1.165) is 46.4 Å². The summed E-state index contributed by atoms with van der Waals surface area (Å²) in [4.78, 5) is 14.1. The quantitative estimate of drug-likeness (QED) is 0.441. The van der Waals surface area contributed by atoms with Gasteiger partial charge in [-0.05, 0) is 70.4 Å². The maximum atomic E-state index is 12.4. The van der Waals surface area contributed by atoms with Crippen LogP contribution in [0, 0.1) is 11.3 Å². The SMILES string of the molecule is CCOc1ccc2c(C#N)c(-c3ccc(N(CC)C(=O)OC(C)C)cc3)n(C3CC3)c2c1. The summed E-state index contributed by atoms with van der Waals surface area (Å²) in [5.41, 5.74) is 4.37. The Kier molecular flexibility index (Phi) is 6.09. The van der Waals surface area contributed by atoms with Crippen LogP contribution < -0.4 is 9.64 Å². The Balaban J connectivity index is 1.79. The van der Waals surface area contributed by atoms with E-state index in [4.69, 9.17) is 9.47 Å². The summed E-state index contributed by atoms with van der Waals surface area (Å²) in [6.45, 7) is 8.68. The zero-order chi connectivity index (χ0) is 22.8. The van der Waals surface area contributed by atoms with Gasteiger partial charge in [-0.3, -0.25) is 4.90 Å². The molecule has 1 aromatic heterocycles. The Morgan fingerprint density at radius 1 is 1.19 bits per heavy atom. The molecular weight excluding hydrogens is 402 g/mol. The first-order valence-electron chi connectivity index (χ1n) is 11.3. The summed E-state index contributed by atoms with van der Waals surface area (Å²) in [7, 11) is 0. The number of carbonyl (C=O) groups is 1. The fourth-order valence-electron chi connectivity index (χ4n) is 4.14. The minimum Gasteiger partial charge on any atom is -0.494 e. The lowest BCUT2D eigenvalue weighted by Crippen LogP contribution is -2.32. The van der Waals surface area contributed by atoms with Crippen molar-refractivity contribution in [1.82, 2.24) is 4.57 Å². The summed E-state index contributed by atoms with van der Waals surface area (Å²) in [6.07, 6.45) is 1.67. The number of hydrogen-bond donors (Lipinski definition) is 0. The van der Waals surface area contributed by atoms with Crippen molar-refractivity contribution in [3.05, 3.63) is 48.0 Å². The number of ether oxygens (including phenoxy) is 2. The first-order chi connectivity index (χ1) is 15.5. The van der Waals surface area contributed by atoms with Crippen LogP contribution in [0.25, 0.3) is 22.2 Å². The minimum atomic E-state index is -0.358. The third-order valence-electron chi connectivity index (χ3n) is 5.64. The molecule has 3 aromatic rings. The molecule has 0 bridgehead atoms. The molecule has 1 aliphatic carbocycles. The Hall–Kier alpha value is -3.46. The molecule has 6 heteroatoms. The van der Waals surface area contributed by atoms with Gasteiger partial charge in [0.2, 0.25) is 0 Å². The highest BCUT2D eigenvalue weighted by Gasteiger charge is 2.31. The number of benzene rings is 2. The number of amides is 1. The molecule has 1 fully saturated rings. The van der Waals surface area contributed by atoms with Gasteiger partial charge in [0.05, 0.1) is 29.5 Å². The second-order valence-corrected chi connectivity index (χ2v) is 8.27. The van der Waals surface area contributed by atoms with Crippen molar-refractivity contribution < 1.29 is 14.3 Å². The Labute approximate surface area is 189 Å². The molecule has 0 radical (unpaired) electrons. The smallest absolute Gasteiger partial charge is 0.414 e. The highest BCUT2D eigenvalue weighted by atomic mass is 16.6. The fraction of sp³-hybridized carbons (Fsp3) is 0.385. The van der Waals surface area contributed by atoms with E-state index in [1.807, 2.05) is 70.2 Å². The Bertz CT molecular complexity index is 1170. The molecular formula is C26H29N3O3. The molecule has 0 saturated heterocycles. The summed E-state index contributed by atoms with van der Waals surface area (Å²) in [5, 5.41) is 11.0. The fourth-order valence-corrected chi connectivity index (χ4v) is 4.14. The van der Waals surface area contributed by atoms with Crippen LogP contribution in [0.4, 0.5) is 10.5 Å². The van der Waals surface area contributed by atoms with Crippen LogP contribution >= 0.6 is 0 Å². The van der Waals surface area contributed by atoms with Gasteiger partial charge in [-0.25, -0.2) is 4.79 Å². The lowest BCUT2D eigenvalue weighted by Gasteiger charge is -2.22. The van der Waals surface area contributed by atoms with Gasteiger partial charge in [0, 0.05) is 29.7 Å². The second-order valence-electron chi connectivity index (χ2n) is 8.27. The number of hydrogen-bond acceptors (Lipinski definition) is 4. The van der Waals surface area contributed by atoms with Gasteiger partial charge < -0.3 is 14.0 Å². The molecule has 0 N–H and O–H groups in total. The number of anilines is 1. The van der Waals surface area contributed by atoms with E-state index in [1.165, 1.54) is 0 Å². The van der Waals surface area contributed by atoms with Crippen LogP contribution in [0.5, 0.6) is 5.75 Å². The summed E-state index contributed by atoms with van der Waals surface area (Å²) < 4.78 is 13.4. The van der Waals surface area contributed by atoms with Crippen LogP contribution in [0.15, 0.2) is 42.5 Å². The van der Waals surface area contributed by atoms with Crippen molar-refractivity contribution in [2.24, 2.45) is 0 Å². The molecule has 4 rings (SSSR count). The highest BCUT2D eigenvalue weighted by Crippen LogP contribution is 2.45. The number of nitriles is 1. The molecule has 0 aliphatic heterocycles. The first-order valence-corrected chi connectivity index (χ1v) is 11.3. The summed E-state index contributed by atoms with van der Waals surface area (Å²) in [5.74, 6) is 0.813. The number of aromatic nitrogens is 1. The van der Waals surface area contributed by atoms with Crippen molar-refractivity contribution in [2.75, 3.05) is 18.1 Å². The first kappa shape index (κ1) is 21.8. The van der Waals surface area contributed by atoms with Crippen molar-refractivity contribution in [3.63, 3.8) is 0 Å². The minimum absolute atomic E-state index is 0.176. The molecule has 0 unspecified atom stereocenters. The summed E-state index contributed by atoms with van der Waals surface area (Å²) >= 11 is 0. The van der Waals surface area contributed by atoms with Crippen molar-refractivity contribution >= 4 is 22.7 Å². The van der Waals surface area contributed by atoms with Gasteiger partial charge in [-0.2, -0.15) is 5.26 Å². The van der Waals surface area contributed by atoms with Crippen LogP contribution in [-0.4, -0.2) is 29.9 Å². The molecule has 166 valence electrons. The monoisotopic (exact) mass is 431 g/mol. The Morgan fingerprint density at radius 3 is 2.47 bits per heavy atom. The molecule has 6 nitrogen and oxygen atoms in total. The number of rotatable bonds is 7. The third-order valence-corrected chi connectivity index (χ3v) is 5.64. The van der Waals surface area contributed by atoms with E-state index in [2.05, 4.69) is 10.6 Å². The molecule has 32 heavy (non-hydrogen) atoms. The van der Waals surface area contributed by atoms with E-state index >= 15 is 0 Å².